The van der Waals surface area contributed by atoms with Gasteiger partial charge in [-0.15, -0.1) is 0 Å². The maximum Gasteiger partial charge on any atom is 0.345 e. The van der Waals surface area contributed by atoms with Gasteiger partial charge in [-0.25, -0.2) is 9.18 Å². The van der Waals surface area contributed by atoms with Crippen LogP contribution in [-0.2, 0) is 11.3 Å². The van der Waals surface area contributed by atoms with Crippen LogP contribution in [0.2, 0.25) is 10.0 Å². The van der Waals surface area contributed by atoms with Gasteiger partial charge in [0.05, 0.1) is 29.1 Å². The zero-order chi connectivity index (χ0) is 25.1. The molecule has 6 nitrogen and oxygen atoms in total. The number of benzene rings is 3. The van der Waals surface area contributed by atoms with Crippen LogP contribution in [0, 0.1) is 5.82 Å². The molecular weight excluding hydrogens is 516 g/mol. The molecule has 35 heavy (non-hydrogen) atoms. The van der Waals surface area contributed by atoms with Gasteiger partial charge in [-0.2, -0.15) is 0 Å². The molecule has 178 valence electrons. The standard InChI is InChI=1S/C25H16Cl2FNO5S/c1-33-20-10-9-14(11-21(20)34-24(31)15-5-2-3-6-17(15)26)12-22-23(30)29(25(32)35-22)13-16-18(27)7-4-8-19(16)28/h2-12H,13H2,1H3/b22-12-. The van der Waals surface area contributed by atoms with E-state index in [0.717, 1.165) is 4.90 Å². The van der Waals surface area contributed by atoms with Crippen molar-refractivity contribution in [1.29, 1.82) is 0 Å². The Morgan fingerprint density at radius 2 is 1.77 bits per heavy atom. The second-order valence-corrected chi connectivity index (χ2v) is 9.06. The summed E-state index contributed by atoms with van der Waals surface area (Å²) in [6.07, 6.45) is 1.47. The second kappa shape index (κ2) is 10.5. The van der Waals surface area contributed by atoms with Crippen LogP contribution in [0.25, 0.3) is 6.08 Å². The molecule has 4 rings (SSSR count). The molecule has 3 aromatic rings. The molecule has 0 unspecified atom stereocenters. The number of carbonyl (C=O) groups excluding carboxylic acids is 3. The summed E-state index contributed by atoms with van der Waals surface area (Å²) in [6.45, 7) is -0.295. The predicted molar refractivity (Wildman–Crippen MR) is 132 cm³/mol. The van der Waals surface area contributed by atoms with E-state index in [2.05, 4.69) is 0 Å². The van der Waals surface area contributed by atoms with Crippen LogP contribution in [0.1, 0.15) is 21.5 Å². The van der Waals surface area contributed by atoms with E-state index >= 15 is 0 Å². The molecule has 0 radical (unpaired) electrons. The van der Waals surface area contributed by atoms with E-state index in [0.29, 0.717) is 17.3 Å². The van der Waals surface area contributed by atoms with Gasteiger partial charge in [0.1, 0.15) is 5.82 Å². The second-order valence-electron chi connectivity index (χ2n) is 7.25. The van der Waals surface area contributed by atoms with E-state index < -0.39 is 22.9 Å². The lowest BCUT2D eigenvalue weighted by Crippen LogP contribution is -2.28. The van der Waals surface area contributed by atoms with Gasteiger partial charge in [0.2, 0.25) is 0 Å². The van der Waals surface area contributed by atoms with Crippen molar-refractivity contribution in [3.05, 3.63) is 98.1 Å². The SMILES string of the molecule is COc1ccc(/C=C2\SC(=O)N(Cc3c(F)cccc3Cl)C2=O)cc1OC(=O)c1ccccc1Cl. The number of halogens is 3. The van der Waals surface area contributed by atoms with Gasteiger partial charge in [0.25, 0.3) is 11.1 Å². The Kier molecular flexibility index (Phi) is 7.45. The number of esters is 1. The number of hydrogen-bond acceptors (Lipinski definition) is 6. The number of methoxy groups -OCH3 is 1. The Morgan fingerprint density at radius 1 is 1.03 bits per heavy atom. The molecule has 1 aliphatic rings. The third kappa shape index (κ3) is 5.35. The first-order valence-corrected chi connectivity index (χ1v) is 11.7. The Hall–Kier alpha value is -3.33. The summed E-state index contributed by atoms with van der Waals surface area (Å²) in [5, 5.41) is -0.205. The average molecular weight is 532 g/mol. The normalized spacial score (nSPS) is 14.5. The number of carbonyl (C=O) groups is 3. The molecular formula is C25H16Cl2FNO5S. The van der Waals surface area contributed by atoms with Crippen LogP contribution in [0.15, 0.2) is 65.6 Å². The van der Waals surface area contributed by atoms with Gasteiger partial charge in [-0.3, -0.25) is 14.5 Å². The predicted octanol–water partition coefficient (Wildman–Crippen LogP) is 6.60. The van der Waals surface area contributed by atoms with E-state index in [1.807, 2.05) is 0 Å². The maximum atomic E-state index is 14.2. The lowest BCUT2D eigenvalue weighted by molar-refractivity contribution is -0.123. The first-order chi connectivity index (χ1) is 16.8. The fraction of sp³-hybridized carbons (Fsp3) is 0.0800. The monoisotopic (exact) mass is 531 g/mol. The highest BCUT2D eigenvalue weighted by atomic mass is 35.5. The van der Waals surface area contributed by atoms with Gasteiger partial charge in [-0.1, -0.05) is 47.5 Å². The van der Waals surface area contributed by atoms with E-state index in [9.17, 15) is 18.8 Å². The molecule has 1 fully saturated rings. The number of amides is 2. The fourth-order valence-electron chi connectivity index (χ4n) is 3.27. The summed E-state index contributed by atoms with van der Waals surface area (Å²) in [5.41, 5.74) is 0.702. The summed E-state index contributed by atoms with van der Waals surface area (Å²) in [5.74, 6) is -1.51. The van der Waals surface area contributed by atoms with E-state index in [1.165, 1.54) is 43.5 Å². The summed E-state index contributed by atoms with van der Waals surface area (Å²) < 4.78 is 24.9. The maximum absolute atomic E-state index is 14.2. The molecule has 0 spiro atoms. The highest BCUT2D eigenvalue weighted by Crippen LogP contribution is 2.36. The number of ether oxygens (including phenoxy) is 2. The zero-order valence-electron chi connectivity index (χ0n) is 18.1. The van der Waals surface area contributed by atoms with E-state index in [-0.39, 0.29) is 44.1 Å². The number of imide groups is 1. The summed E-state index contributed by atoms with van der Waals surface area (Å²) >= 11 is 12.8. The van der Waals surface area contributed by atoms with Crippen molar-refractivity contribution >= 4 is 58.2 Å². The molecule has 1 heterocycles. The molecule has 0 aliphatic carbocycles. The summed E-state index contributed by atoms with van der Waals surface area (Å²) in [6, 6.07) is 15.3. The minimum atomic E-state index is -0.687. The molecule has 0 N–H and O–H groups in total. The van der Waals surface area contributed by atoms with Crippen LogP contribution >= 0.6 is 35.0 Å². The lowest BCUT2D eigenvalue weighted by atomic mass is 10.1. The van der Waals surface area contributed by atoms with Crippen molar-refractivity contribution in [1.82, 2.24) is 4.90 Å². The van der Waals surface area contributed by atoms with Gasteiger partial charge in [0, 0.05) is 10.6 Å². The molecule has 1 saturated heterocycles. The molecule has 10 heteroatoms. The van der Waals surface area contributed by atoms with Crippen LogP contribution in [0.4, 0.5) is 9.18 Å². The van der Waals surface area contributed by atoms with Crippen LogP contribution in [0.3, 0.4) is 0 Å². The van der Waals surface area contributed by atoms with Crippen molar-refractivity contribution in [3.63, 3.8) is 0 Å². The lowest BCUT2D eigenvalue weighted by Gasteiger charge is -2.14. The quantitative estimate of drug-likeness (QED) is 0.203. The van der Waals surface area contributed by atoms with Crippen LogP contribution in [-0.4, -0.2) is 29.1 Å². The van der Waals surface area contributed by atoms with Crippen LogP contribution < -0.4 is 9.47 Å². The van der Waals surface area contributed by atoms with E-state index in [4.69, 9.17) is 32.7 Å². The third-order valence-corrected chi connectivity index (χ3v) is 6.62. The number of rotatable bonds is 6. The fourth-order valence-corrected chi connectivity index (χ4v) is 4.55. The Morgan fingerprint density at radius 3 is 2.49 bits per heavy atom. The number of nitrogens with zero attached hydrogens (tertiary/aromatic N) is 1. The van der Waals surface area contributed by atoms with Crippen molar-refractivity contribution in [2.75, 3.05) is 7.11 Å². The average Bonchev–Trinajstić information content (AvgIpc) is 3.09. The molecule has 0 saturated carbocycles. The molecule has 3 aromatic carbocycles. The molecule has 0 atom stereocenters. The smallest absolute Gasteiger partial charge is 0.345 e. The minimum absolute atomic E-state index is 0.0518. The van der Waals surface area contributed by atoms with Gasteiger partial charge >= 0.3 is 5.97 Å². The topological polar surface area (TPSA) is 72.9 Å². The first-order valence-electron chi connectivity index (χ1n) is 10.1. The summed E-state index contributed by atoms with van der Waals surface area (Å²) in [4.78, 5) is 39.0. The number of thioether (sulfide) groups is 1. The molecule has 0 aromatic heterocycles. The van der Waals surface area contributed by atoms with Gasteiger partial charge in [-0.05, 0) is 59.8 Å². The summed E-state index contributed by atoms with van der Waals surface area (Å²) in [7, 11) is 1.42. The largest absolute Gasteiger partial charge is 0.493 e. The van der Waals surface area contributed by atoms with Crippen molar-refractivity contribution in [2.45, 2.75) is 6.54 Å². The Balaban J connectivity index is 1.58. The van der Waals surface area contributed by atoms with Crippen molar-refractivity contribution < 1.29 is 28.2 Å². The van der Waals surface area contributed by atoms with Gasteiger partial charge < -0.3 is 9.47 Å². The highest BCUT2D eigenvalue weighted by Gasteiger charge is 2.36. The third-order valence-electron chi connectivity index (χ3n) is 5.03. The van der Waals surface area contributed by atoms with Crippen molar-refractivity contribution in [2.24, 2.45) is 0 Å². The van der Waals surface area contributed by atoms with Gasteiger partial charge in [0.15, 0.2) is 11.5 Å². The minimum Gasteiger partial charge on any atom is -0.493 e. The molecule has 2 amide bonds. The van der Waals surface area contributed by atoms with E-state index in [1.54, 1.807) is 30.3 Å². The molecule has 0 bridgehead atoms. The Labute approximate surface area is 214 Å². The zero-order valence-corrected chi connectivity index (χ0v) is 20.4. The van der Waals surface area contributed by atoms with Crippen molar-refractivity contribution in [3.8, 4) is 11.5 Å². The Bertz CT molecular complexity index is 1360. The first kappa shape index (κ1) is 24.8. The highest BCUT2D eigenvalue weighted by molar-refractivity contribution is 8.18. The van der Waals surface area contributed by atoms with Crippen LogP contribution in [0.5, 0.6) is 11.5 Å². The number of hydrogen-bond donors (Lipinski definition) is 0. The molecule has 1 aliphatic heterocycles.